The van der Waals surface area contributed by atoms with Gasteiger partial charge in [0, 0.05) is 16.9 Å². The van der Waals surface area contributed by atoms with Crippen LogP contribution in [0.4, 0.5) is 11.4 Å². The van der Waals surface area contributed by atoms with E-state index in [-0.39, 0.29) is 21.8 Å². The van der Waals surface area contributed by atoms with Gasteiger partial charge in [-0.2, -0.15) is 8.42 Å². The number of carbonyl (C=O) groups is 1. The van der Waals surface area contributed by atoms with Crippen LogP contribution in [0.25, 0.3) is 0 Å². The molecule has 0 heterocycles. The summed E-state index contributed by atoms with van der Waals surface area (Å²) in [4.78, 5) is 11.8. The Morgan fingerprint density at radius 2 is 1.58 bits per heavy atom. The Labute approximate surface area is 139 Å². The van der Waals surface area contributed by atoms with Gasteiger partial charge in [-0.05, 0) is 36.4 Å². The fraction of sp³-hybridized carbons (Fsp3) is 0.0714. The largest absolute Gasteiger partial charge is 0.322 e. The second-order valence-electron chi connectivity index (χ2n) is 4.91. The van der Waals surface area contributed by atoms with E-state index in [1.807, 2.05) is 0 Å². The van der Waals surface area contributed by atoms with Crippen LogP contribution in [0.5, 0.6) is 0 Å². The summed E-state index contributed by atoms with van der Waals surface area (Å²) in [6, 6.07) is 10.9. The van der Waals surface area contributed by atoms with Crippen LogP contribution in [0.3, 0.4) is 0 Å². The van der Waals surface area contributed by atoms with E-state index in [1.54, 1.807) is 0 Å². The third-order valence-electron chi connectivity index (χ3n) is 2.82. The van der Waals surface area contributed by atoms with E-state index in [0.29, 0.717) is 0 Å². The molecule has 0 atom stereocenters. The number of benzene rings is 2. The lowest BCUT2D eigenvalue weighted by Gasteiger charge is -2.08. The summed E-state index contributed by atoms with van der Waals surface area (Å²) in [7, 11) is -7.86. The molecule has 0 radical (unpaired) electrons. The molecule has 24 heavy (non-hydrogen) atoms. The van der Waals surface area contributed by atoms with Crippen molar-refractivity contribution in [2.24, 2.45) is 0 Å². The van der Waals surface area contributed by atoms with Crippen molar-refractivity contribution in [3.63, 3.8) is 0 Å². The maximum Gasteiger partial charge on any atom is 0.294 e. The molecule has 2 rings (SSSR count). The van der Waals surface area contributed by atoms with Gasteiger partial charge in [0.25, 0.3) is 16.0 Å². The molecule has 0 aliphatic heterocycles. The molecule has 0 fully saturated rings. The van der Waals surface area contributed by atoms with Crippen molar-refractivity contribution in [1.82, 2.24) is 0 Å². The summed E-state index contributed by atoms with van der Waals surface area (Å²) in [5, 5.41) is 2.47. The van der Waals surface area contributed by atoms with Gasteiger partial charge in [0.15, 0.2) is 0 Å². The zero-order chi connectivity index (χ0) is 18.0. The van der Waals surface area contributed by atoms with Crippen molar-refractivity contribution in [3.05, 3.63) is 54.1 Å². The molecular weight excluding hydrogens is 356 g/mol. The molecule has 0 aliphatic carbocycles. The first-order valence-electron chi connectivity index (χ1n) is 6.51. The highest BCUT2D eigenvalue weighted by atomic mass is 32.2. The zero-order valence-electron chi connectivity index (χ0n) is 12.4. The number of amides is 1. The second kappa shape index (κ2) is 6.59. The van der Waals surface area contributed by atoms with Crippen molar-refractivity contribution >= 4 is 37.4 Å². The topological polar surface area (TPSA) is 130 Å². The minimum atomic E-state index is -4.38. The third-order valence-corrected chi connectivity index (χ3v) is 4.27. The van der Waals surface area contributed by atoms with E-state index >= 15 is 0 Å². The number of hydrogen-bond acceptors (Lipinski definition) is 5. The first-order chi connectivity index (χ1) is 11.0. The van der Waals surface area contributed by atoms with E-state index in [4.69, 9.17) is 4.55 Å². The van der Waals surface area contributed by atoms with E-state index in [9.17, 15) is 21.6 Å². The van der Waals surface area contributed by atoms with E-state index in [1.165, 1.54) is 42.5 Å². The number of anilines is 2. The molecule has 1 amide bonds. The van der Waals surface area contributed by atoms with Crippen LogP contribution in [0.2, 0.25) is 0 Å². The van der Waals surface area contributed by atoms with Gasteiger partial charge in [-0.15, -0.1) is 0 Å². The normalized spacial score (nSPS) is 11.8. The highest BCUT2D eigenvalue weighted by molar-refractivity contribution is 7.92. The molecule has 8 nitrogen and oxygen atoms in total. The van der Waals surface area contributed by atoms with Crippen LogP contribution >= 0.6 is 0 Å². The molecule has 128 valence electrons. The summed E-state index contributed by atoms with van der Waals surface area (Å²) in [5.41, 5.74) is 0.550. The van der Waals surface area contributed by atoms with Crippen molar-refractivity contribution in [2.75, 3.05) is 16.3 Å². The van der Waals surface area contributed by atoms with Gasteiger partial charge in [-0.3, -0.25) is 14.1 Å². The molecule has 0 spiro atoms. The van der Waals surface area contributed by atoms with Gasteiger partial charge in [-0.25, -0.2) is 8.42 Å². The Morgan fingerprint density at radius 1 is 0.958 bits per heavy atom. The summed E-state index contributed by atoms with van der Waals surface area (Å²) in [6.45, 7) is 0. The van der Waals surface area contributed by atoms with Crippen LogP contribution in [0.15, 0.2) is 53.4 Å². The maximum atomic E-state index is 12.2. The predicted octanol–water partition coefficient (Wildman–Crippen LogP) is 1.56. The van der Waals surface area contributed by atoms with Crippen LogP contribution in [0.1, 0.15) is 10.4 Å². The van der Waals surface area contributed by atoms with Gasteiger partial charge >= 0.3 is 0 Å². The number of hydrogen-bond donors (Lipinski definition) is 3. The van der Waals surface area contributed by atoms with Gasteiger partial charge in [0.2, 0.25) is 10.0 Å². The Bertz CT molecular complexity index is 984. The molecule has 0 bridgehead atoms. The average Bonchev–Trinajstić information content (AvgIpc) is 2.45. The lowest BCUT2D eigenvalue weighted by atomic mass is 10.2. The fourth-order valence-corrected chi connectivity index (χ4v) is 2.96. The molecule has 0 unspecified atom stereocenters. The lowest BCUT2D eigenvalue weighted by Crippen LogP contribution is -2.14. The molecule has 0 saturated heterocycles. The van der Waals surface area contributed by atoms with Crippen molar-refractivity contribution in [1.29, 1.82) is 0 Å². The molecule has 2 aromatic carbocycles. The van der Waals surface area contributed by atoms with Gasteiger partial charge in [0.05, 0.1) is 11.2 Å². The van der Waals surface area contributed by atoms with E-state index in [2.05, 4.69) is 10.0 Å². The van der Waals surface area contributed by atoms with Crippen LogP contribution < -0.4 is 10.0 Å². The van der Waals surface area contributed by atoms with Crippen molar-refractivity contribution < 1.29 is 26.2 Å². The summed E-state index contributed by atoms with van der Waals surface area (Å²) >= 11 is 0. The highest BCUT2D eigenvalue weighted by Gasteiger charge is 2.12. The minimum Gasteiger partial charge on any atom is -0.322 e. The second-order valence-corrected chi connectivity index (χ2v) is 8.08. The Kier molecular flexibility index (Phi) is 4.92. The molecule has 0 saturated carbocycles. The highest BCUT2D eigenvalue weighted by Crippen LogP contribution is 2.17. The van der Waals surface area contributed by atoms with Crippen LogP contribution in [-0.4, -0.2) is 33.6 Å². The maximum absolute atomic E-state index is 12.2. The summed E-state index contributed by atoms with van der Waals surface area (Å²) in [6.07, 6.45) is 0.987. The van der Waals surface area contributed by atoms with E-state index < -0.39 is 26.0 Å². The molecule has 0 aliphatic rings. The summed E-state index contributed by atoms with van der Waals surface area (Å²) < 4.78 is 55.9. The molecule has 3 N–H and O–H groups in total. The summed E-state index contributed by atoms with van der Waals surface area (Å²) in [5.74, 6) is -0.570. The first kappa shape index (κ1) is 17.9. The Morgan fingerprint density at radius 3 is 2.21 bits per heavy atom. The minimum absolute atomic E-state index is 0.164. The standard InChI is InChI=1S/C14H14N2O6S2/c1-23(18,19)16-12-6-2-4-10(8-12)14(17)15-11-5-3-7-13(9-11)24(20,21)22/h2-9,16H,1H3,(H,15,17)(H,20,21,22). The quantitative estimate of drug-likeness (QED) is 0.685. The first-order valence-corrected chi connectivity index (χ1v) is 9.84. The molecule has 10 heteroatoms. The van der Waals surface area contributed by atoms with Crippen molar-refractivity contribution in [2.45, 2.75) is 4.90 Å². The Hall–Kier alpha value is -2.43. The average molecular weight is 370 g/mol. The molecule has 0 aromatic heterocycles. The smallest absolute Gasteiger partial charge is 0.294 e. The zero-order valence-corrected chi connectivity index (χ0v) is 14.1. The van der Waals surface area contributed by atoms with Crippen molar-refractivity contribution in [3.8, 4) is 0 Å². The number of nitrogens with one attached hydrogen (secondary N) is 2. The number of rotatable bonds is 5. The Balaban J connectivity index is 2.23. The lowest BCUT2D eigenvalue weighted by molar-refractivity contribution is 0.102. The van der Waals surface area contributed by atoms with Gasteiger partial charge in [-0.1, -0.05) is 12.1 Å². The third kappa shape index (κ3) is 5.05. The molecular formula is C14H14N2O6S2. The van der Waals surface area contributed by atoms with E-state index in [0.717, 1.165) is 12.3 Å². The molecule has 2 aromatic rings. The predicted molar refractivity (Wildman–Crippen MR) is 89.1 cm³/mol. The van der Waals surface area contributed by atoms with Gasteiger partial charge < -0.3 is 5.32 Å². The SMILES string of the molecule is CS(=O)(=O)Nc1cccc(C(=O)Nc2cccc(S(=O)(=O)O)c2)c1. The van der Waals surface area contributed by atoms with Crippen LogP contribution in [-0.2, 0) is 20.1 Å². The monoisotopic (exact) mass is 370 g/mol. The van der Waals surface area contributed by atoms with Gasteiger partial charge in [0.1, 0.15) is 0 Å². The fourth-order valence-electron chi connectivity index (χ4n) is 1.88. The number of carbonyl (C=O) groups excluding carboxylic acids is 1. The van der Waals surface area contributed by atoms with Crippen LogP contribution in [0, 0.1) is 0 Å². The number of sulfonamides is 1.